The maximum atomic E-state index is 13.6. The molecule has 3 aliphatic heterocycles. The Labute approximate surface area is 516 Å². The fourth-order valence-electron chi connectivity index (χ4n) is 12.4. The molecule has 3 aromatic heterocycles. The van der Waals surface area contributed by atoms with Gasteiger partial charge in [-0.25, -0.2) is 13.2 Å². The van der Waals surface area contributed by atoms with Crippen LogP contribution in [0.5, 0.6) is 0 Å². The van der Waals surface area contributed by atoms with E-state index in [-0.39, 0.29) is 34.3 Å². The largest absolute Gasteiger partial charge is 0.377 e. The Balaban J connectivity index is 0.000000144. The molecule has 87 heavy (non-hydrogen) atoms. The average Bonchev–Trinajstić information content (AvgIpc) is 4.30. The molecule has 3 N–H and O–H groups in total. The first-order valence-electron chi connectivity index (χ1n) is 30.1. The minimum Gasteiger partial charge on any atom is -0.377 e. The highest BCUT2D eigenvalue weighted by Crippen LogP contribution is 2.33. The van der Waals surface area contributed by atoms with Gasteiger partial charge in [0, 0.05) is 146 Å². The Morgan fingerprint density at radius 2 is 0.644 bits per heavy atom. The zero-order valence-electron chi connectivity index (χ0n) is 50.1. The normalized spacial score (nSPS) is 18.1. The number of H-pyrrole nitrogens is 3. The van der Waals surface area contributed by atoms with E-state index in [0.29, 0.717) is 17.3 Å². The number of nitrogens with zero attached hydrogens (tertiary/aromatic N) is 3. The van der Waals surface area contributed by atoms with Crippen LogP contribution in [-0.4, -0.2) is 157 Å². The van der Waals surface area contributed by atoms with Gasteiger partial charge >= 0.3 is 0 Å². The van der Waals surface area contributed by atoms with E-state index in [1.54, 1.807) is 57.7 Å². The Hall–Kier alpha value is -6.06. The van der Waals surface area contributed by atoms with E-state index in [1.807, 2.05) is 110 Å². The third-order valence-corrected chi connectivity index (χ3v) is 22.8. The summed E-state index contributed by atoms with van der Waals surface area (Å²) in [6, 6.07) is 43.5. The van der Waals surface area contributed by atoms with Crippen LogP contribution in [0.1, 0.15) is 55.2 Å². The first-order valence-corrected chi connectivity index (χ1v) is 34.1. The van der Waals surface area contributed by atoms with Crippen LogP contribution in [0.4, 0.5) is 13.2 Å². The zero-order chi connectivity index (χ0) is 60.8. The summed E-state index contributed by atoms with van der Waals surface area (Å²) >= 11 is 0. The van der Waals surface area contributed by atoms with Gasteiger partial charge in [-0.05, 0) is 165 Å². The molecule has 18 heteroatoms. The number of ether oxygens (including phenoxy) is 3. The van der Waals surface area contributed by atoms with Crippen molar-refractivity contribution in [2.24, 2.45) is 0 Å². The van der Waals surface area contributed by atoms with Gasteiger partial charge < -0.3 is 43.9 Å². The molecule has 0 amide bonds. The second-order valence-corrected chi connectivity index (χ2v) is 27.7. The first kappa shape index (κ1) is 63.9. The number of halogens is 3. The molecule has 0 saturated carbocycles. The number of fused-ring (bicyclic) bond motifs is 3. The summed E-state index contributed by atoms with van der Waals surface area (Å²) in [6.07, 6.45) is 13.8. The van der Waals surface area contributed by atoms with Gasteiger partial charge in [0.1, 0.15) is 17.5 Å². The van der Waals surface area contributed by atoms with E-state index in [0.717, 1.165) is 181 Å². The van der Waals surface area contributed by atoms with Gasteiger partial charge in [0.25, 0.3) is 0 Å². The third-order valence-electron chi connectivity index (χ3n) is 18.1. The lowest BCUT2D eigenvalue weighted by atomic mass is 9.93. The van der Waals surface area contributed by atoms with E-state index in [1.165, 1.54) is 18.2 Å². The van der Waals surface area contributed by atoms with Crippen molar-refractivity contribution in [1.29, 1.82) is 0 Å². The topological polar surface area (TPSA) is 136 Å². The number of rotatable bonds is 21. The number of aromatic amines is 3. The monoisotopic (exact) mass is 1240 g/mol. The molecule has 12 rings (SSSR count). The lowest BCUT2D eigenvalue weighted by Crippen LogP contribution is -2.49. The molecule has 0 aliphatic carbocycles. The van der Waals surface area contributed by atoms with Crippen molar-refractivity contribution in [1.82, 2.24) is 29.7 Å². The molecule has 3 fully saturated rings. The predicted octanol–water partition coefficient (Wildman–Crippen LogP) is 12.4. The predicted molar refractivity (Wildman–Crippen MR) is 345 cm³/mol. The molecule has 3 atom stereocenters. The van der Waals surface area contributed by atoms with E-state index in [4.69, 9.17) is 14.2 Å². The molecule has 462 valence electrons. The molecule has 12 nitrogen and oxygen atoms in total. The number of benzene rings is 6. The minimum atomic E-state index is -1.06. The smallest absolute Gasteiger partial charge is 0.123 e. The maximum Gasteiger partial charge on any atom is 0.123 e. The quantitative estimate of drug-likeness (QED) is 0.0642. The van der Waals surface area contributed by atoms with Gasteiger partial charge in [0.2, 0.25) is 0 Å². The molecule has 9 aromatic rings. The summed E-state index contributed by atoms with van der Waals surface area (Å²) in [5.41, 5.74) is 5.36. The summed E-state index contributed by atoms with van der Waals surface area (Å²) in [6.45, 7) is 8.24. The van der Waals surface area contributed by atoms with Gasteiger partial charge in [-0.2, -0.15) is 0 Å². The van der Waals surface area contributed by atoms with Gasteiger partial charge in [-0.1, -0.05) is 54.6 Å². The number of piperidine rings is 3. The standard InChI is InChI=1S/3C23H27FN2O2S/c3*1-28-23(17-29(27)20-5-3-2-4-6-20)10-13-26(14-11-23)12-9-18-16-25-22-8-7-19(24)15-21(18)22/h3*2-8,15-16,25H,9-14,17H2,1H3/t3*29-/m111/s1. The van der Waals surface area contributed by atoms with Crippen LogP contribution >= 0.6 is 0 Å². The summed E-state index contributed by atoms with van der Waals surface area (Å²) in [5, 5.41) is 2.89. The first-order chi connectivity index (χ1) is 42.2. The molecule has 3 aliphatic rings. The average molecular weight is 1240 g/mol. The van der Waals surface area contributed by atoms with Crippen LogP contribution in [-0.2, 0) is 65.9 Å². The molecular weight excluding hydrogens is 1160 g/mol. The van der Waals surface area contributed by atoms with Crippen LogP contribution < -0.4 is 0 Å². The van der Waals surface area contributed by atoms with Crippen LogP contribution in [0, 0.1) is 17.5 Å². The van der Waals surface area contributed by atoms with Crippen LogP contribution in [0.3, 0.4) is 0 Å². The highest BCUT2D eigenvalue weighted by molar-refractivity contribution is 7.85. The molecule has 0 radical (unpaired) electrons. The van der Waals surface area contributed by atoms with Crippen molar-refractivity contribution in [3.8, 4) is 0 Å². The number of nitrogens with one attached hydrogen (secondary N) is 3. The van der Waals surface area contributed by atoms with Crippen molar-refractivity contribution in [2.75, 3.05) is 97.5 Å². The number of hydrogen-bond donors (Lipinski definition) is 3. The van der Waals surface area contributed by atoms with Crippen LogP contribution in [0.2, 0.25) is 0 Å². The number of hydrogen-bond acceptors (Lipinski definition) is 9. The molecular formula is C69H81F3N6O6S3. The SMILES string of the molecule is COC1(C[S@@](=O)c2ccccc2)CCN(CCc2c[nH]c3ccc(F)cc23)CC1.COC1(C[S@@](=O)c2ccccc2)CCN(CCc2c[nH]c3ccc(F)cc23)CC1.COC1(C[S@@](=O)c2ccccc2)CCN(CCc2c[nH]c3ccc(F)cc23)CC1. The number of aromatic nitrogens is 3. The van der Waals surface area contributed by atoms with Crippen molar-refractivity contribution >= 4 is 65.1 Å². The van der Waals surface area contributed by atoms with E-state index in [2.05, 4.69) is 29.7 Å². The summed E-state index contributed by atoms with van der Waals surface area (Å²) in [7, 11) is 2.02. The number of likely N-dealkylation sites (tertiary alicyclic amines) is 3. The van der Waals surface area contributed by atoms with Gasteiger partial charge in [0.05, 0.1) is 66.5 Å². The van der Waals surface area contributed by atoms with Crippen molar-refractivity contribution in [2.45, 2.75) is 89.3 Å². The van der Waals surface area contributed by atoms with E-state index in [9.17, 15) is 25.8 Å². The second kappa shape index (κ2) is 30.0. The molecule has 6 aromatic carbocycles. The van der Waals surface area contributed by atoms with Crippen molar-refractivity contribution < 1.29 is 40.0 Å². The van der Waals surface area contributed by atoms with Gasteiger partial charge in [-0.15, -0.1) is 0 Å². The maximum absolute atomic E-state index is 13.6. The molecule has 0 unspecified atom stereocenters. The van der Waals surface area contributed by atoms with E-state index < -0.39 is 32.4 Å². The third kappa shape index (κ3) is 16.6. The number of methoxy groups -OCH3 is 3. The van der Waals surface area contributed by atoms with Gasteiger partial charge in [-0.3, -0.25) is 12.6 Å². The van der Waals surface area contributed by atoms with Gasteiger partial charge in [0.15, 0.2) is 0 Å². The molecule has 0 bridgehead atoms. The lowest BCUT2D eigenvalue weighted by molar-refractivity contribution is -0.0393. The zero-order valence-corrected chi connectivity index (χ0v) is 52.5. The fourth-order valence-corrected chi connectivity index (χ4v) is 16.9. The highest BCUT2D eigenvalue weighted by atomic mass is 32.2. The lowest BCUT2D eigenvalue weighted by Gasteiger charge is -2.40. The molecule has 6 heterocycles. The fraction of sp³-hybridized carbons (Fsp3) is 0.391. The van der Waals surface area contributed by atoms with Crippen molar-refractivity contribution in [3.63, 3.8) is 0 Å². The Bertz CT molecular complexity index is 3330. The minimum absolute atomic E-state index is 0.201. The van der Waals surface area contributed by atoms with Crippen LogP contribution in [0.15, 0.2) is 179 Å². The summed E-state index contributed by atoms with van der Waals surface area (Å²) < 4.78 is 96.7. The summed E-state index contributed by atoms with van der Waals surface area (Å²) in [4.78, 5) is 19.5. The highest BCUT2D eigenvalue weighted by Gasteiger charge is 2.39. The summed E-state index contributed by atoms with van der Waals surface area (Å²) in [5.74, 6) is 0.989. The molecule has 0 spiro atoms. The second-order valence-electron chi connectivity index (χ2n) is 23.4. The van der Waals surface area contributed by atoms with Crippen molar-refractivity contribution in [3.05, 3.63) is 198 Å². The van der Waals surface area contributed by atoms with E-state index >= 15 is 0 Å². The van der Waals surface area contributed by atoms with Crippen LogP contribution in [0.25, 0.3) is 32.7 Å². The Kier molecular flexibility index (Phi) is 22.0. The Morgan fingerprint density at radius 1 is 0.391 bits per heavy atom. The molecule has 3 saturated heterocycles. The Morgan fingerprint density at radius 3 is 0.885 bits per heavy atom.